The standard InChI is InChI=1S/C21H22N2O2/c1-2-16-8-10-19(11-9-16)25-15-20(24)22-14-12-18-6-3-5-17-7-4-13-23-21(17)18/h3-11,13H,2,12,14-15H2,1H3,(H,22,24). The first-order valence-corrected chi connectivity index (χ1v) is 8.57. The number of pyridine rings is 1. The Kier molecular flexibility index (Phi) is 5.62. The molecule has 2 aromatic carbocycles. The number of ether oxygens (including phenoxy) is 1. The molecule has 0 radical (unpaired) electrons. The number of para-hydroxylation sites is 1. The van der Waals surface area contributed by atoms with Gasteiger partial charge < -0.3 is 10.1 Å². The zero-order valence-electron chi connectivity index (χ0n) is 14.4. The predicted molar refractivity (Wildman–Crippen MR) is 99.8 cm³/mol. The monoisotopic (exact) mass is 334 g/mol. The summed E-state index contributed by atoms with van der Waals surface area (Å²) < 4.78 is 5.52. The van der Waals surface area contributed by atoms with Crippen molar-refractivity contribution in [1.29, 1.82) is 0 Å². The molecule has 3 aromatic rings. The molecule has 25 heavy (non-hydrogen) atoms. The molecule has 4 nitrogen and oxygen atoms in total. The van der Waals surface area contributed by atoms with Crippen LogP contribution in [0.25, 0.3) is 10.9 Å². The third-order valence-electron chi connectivity index (χ3n) is 4.13. The number of carbonyl (C=O) groups is 1. The van der Waals surface area contributed by atoms with Crippen molar-refractivity contribution in [3.8, 4) is 5.75 Å². The minimum Gasteiger partial charge on any atom is -0.484 e. The van der Waals surface area contributed by atoms with E-state index in [1.54, 1.807) is 6.20 Å². The molecule has 1 heterocycles. The summed E-state index contributed by atoms with van der Waals surface area (Å²) in [6.07, 6.45) is 3.52. The molecule has 0 atom stereocenters. The number of aryl methyl sites for hydroxylation is 1. The zero-order valence-corrected chi connectivity index (χ0v) is 14.4. The molecule has 1 amide bonds. The Bertz CT molecular complexity index is 839. The van der Waals surface area contributed by atoms with E-state index in [0.717, 1.165) is 29.3 Å². The van der Waals surface area contributed by atoms with Crippen molar-refractivity contribution in [2.24, 2.45) is 0 Å². The SMILES string of the molecule is CCc1ccc(OCC(=O)NCCc2cccc3cccnc23)cc1. The molecule has 1 aromatic heterocycles. The average Bonchev–Trinajstić information content (AvgIpc) is 2.67. The highest BCUT2D eigenvalue weighted by Gasteiger charge is 2.05. The van der Waals surface area contributed by atoms with Crippen molar-refractivity contribution in [3.05, 3.63) is 71.9 Å². The largest absolute Gasteiger partial charge is 0.484 e. The van der Waals surface area contributed by atoms with Crippen LogP contribution >= 0.6 is 0 Å². The lowest BCUT2D eigenvalue weighted by molar-refractivity contribution is -0.123. The highest BCUT2D eigenvalue weighted by atomic mass is 16.5. The van der Waals surface area contributed by atoms with Crippen LogP contribution in [0.1, 0.15) is 18.1 Å². The third kappa shape index (κ3) is 4.57. The van der Waals surface area contributed by atoms with Gasteiger partial charge in [0.15, 0.2) is 6.61 Å². The van der Waals surface area contributed by atoms with Crippen molar-refractivity contribution in [2.45, 2.75) is 19.8 Å². The molecule has 0 saturated heterocycles. The summed E-state index contributed by atoms with van der Waals surface area (Å²) in [5.74, 6) is 0.596. The van der Waals surface area contributed by atoms with E-state index >= 15 is 0 Å². The molecular weight excluding hydrogens is 312 g/mol. The highest BCUT2D eigenvalue weighted by molar-refractivity contribution is 5.81. The normalized spacial score (nSPS) is 10.6. The molecule has 0 unspecified atom stereocenters. The van der Waals surface area contributed by atoms with Crippen LogP contribution in [0.5, 0.6) is 5.75 Å². The Labute approximate surface area is 147 Å². The molecular formula is C21H22N2O2. The topological polar surface area (TPSA) is 51.2 Å². The van der Waals surface area contributed by atoms with E-state index in [-0.39, 0.29) is 12.5 Å². The number of rotatable bonds is 7. The van der Waals surface area contributed by atoms with Gasteiger partial charge in [0.05, 0.1) is 5.52 Å². The van der Waals surface area contributed by atoms with Crippen LogP contribution in [0.15, 0.2) is 60.8 Å². The maximum atomic E-state index is 11.9. The Balaban J connectivity index is 1.47. The second kappa shape index (κ2) is 8.29. The third-order valence-corrected chi connectivity index (χ3v) is 4.13. The smallest absolute Gasteiger partial charge is 0.257 e. The van der Waals surface area contributed by atoms with Gasteiger partial charge in [0, 0.05) is 18.1 Å². The molecule has 0 spiro atoms. The first-order valence-electron chi connectivity index (χ1n) is 8.57. The first kappa shape index (κ1) is 17.0. The lowest BCUT2D eigenvalue weighted by Crippen LogP contribution is -2.30. The number of nitrogens with one attached hydrogen (secondary N) is 1. The molecule has 4 heteroatoms. The Morgan fingerprint density at radius 1 is 1.08 bits per heavy atom. The second-order valence-corrected chi connectivity index (χ2v) is 5.88. The summed E-state index contributed by atoms with van der Waals surface area (Å²) in [5.41, 5.74) is 3.38. The van der Waals surface area contributed by atoms with Gasteiger partial charge in [0.2, 0.25) is 0 Å². The molecule has 1 N–H and O–H groups in total. The van der Waals surface area contributed by atoms with Crippen LogP contribution in [-0.2, 0) is 17.6 Å². The van der Waals surface area contributed by atoms with E-state index in [1.807, 2.05) is 54.6 Å². The fraction of sp³-hybridized carbons (Fsp3) is 0.238. The van der Waals surface area contributed by atoms with E-state index in [4.69, 9.17) is 4.74 Å². The maximum Gasteiger partial charge on any atom is 0.257 e. The fourth-order valence-electron chi connectivity index (χ4n) is 2.73. The summed E-state index contributed by atoms with van der Waals surface area (Å²) in [6.45, 7) is 2.70. The van der Waals surface area contributed by atoms with Crippen LogP contribution in [-0.4, -0.2) is 24.0 Å². The Morgan fingerprint density at radius 3 is 2.68 bits per heavy atom. The summed E-state index contributed by atoms with van der Waals surface area (Å²) in [7, 11) is 0. The lowest BCUT2D eigenvalue weighted by Gasteiger charge is -2.09. The number of aromatic nitrogens is 1. The molecule has 0 aliphatic rings. The predicted octanol–water partition coefficient (Wildman–Crippen LogP) is 3.53. The van der Waals surface area contributed by atoms with E-state index in [0.29, 0.717) is 12.3 Å². The van der Waals surface area contributed by atoms with Crippen molar-refractivity contribution >= 4 is 16.8 Å². The lowest BCUT2D eigenvalue weighted by atomic mass is 10.1. The van der Waals surface area contributed by atoms with Gasteiger partial charge in [-0.25, -0.2) is 0 Å². The van der Waals surface area contributed by atoms with Crippen LogP contribution < -0.4 is 10.1 Å². The van der Waals surface area contributed by atoms with Crippen molar-refractivity contribution < 1.29 is 9.53 Å². The second-order valence-electron chi connectivity index (χ2n) is 5.88. The van der Waals surface area contributed by atoms with E-state index in [1.165, 1.54) is 5.56 Å². The molecule has 0 bridgehead atoms. The highest BCUT2D eigenvalue weighted by Crippen LogP contribution is 2.16. The Hall–Kier alpha value is -2.88. The molecule has 0 aliphatic heterocycles. The molecule has 0 fully saturated rings. The van der Waals surface area contributed by atoms with Gasteiger partial charge >= 0.3 is 0 Å². The van der Waals surface area contributed by atoms with Gasteiger partial charge in [0.1, 0.15) is 5.75 Å². The minimum atomic E-state index is -0.118. The van der Waals surface area contributed by atoms with Crippen LogP contribution in [0.4, 0.5) is 0 Å². The van der Waals surface area contributed by atoms with Gasteiger partial charge in [-0.3, -0.25) is 9.78 Å². The maximum absolute atomic E-state index is 11.9. The van der Waals surface area contributed by atoms with Crippen LogP contribution in [0.2, 0.25) is 0 Å². The first-order chi connectivity index (χ1) is 12.3. The van der Waals surface area contributed by atoms with Gasteiger partial charge in [-0.05, 0) is 42.2 Å². The average molecular weight is 334 g/mol. The summed E-state index contributed by atoms with van der Waals surface area (Å²) in [4.78, 5) is 16.4. The molecule has 128 valence electrons. The van der Waals surface area contributed by atoms with Crippen LogP contribution in [0, 0.1) is 0 Å². The van der Waals surface area contributed by atoms with Crippen molar-refractivity contribution in [1.82, 2.24) is 10.3 Å². The number of benzene rings is 2. The van der Waals surface area contributed by atoms with Crippen molar-refractivity contribution in [2.75, 3.05) is 13.2 Å². The van der Waals surface area contributed by atoms with Gasteiger partial charge in [-0.1, -0.05) is 43.3 Å². The molecule has 0 aliphatic carbocycles. The van der Waals surface area contributed by atoms with E-state index in [2.05, 4.69) is 17.2 Å². The zero-order chi connectivity index (χ0) is 17.5. The number of carbonyl (C=O) groups excluding carboxylic acids is 1. The number of amides is 1. The molecule has 0 saturated carbocycles. The number of fused-ring (bicyclic) bond motifs is 1. The number of hydrogen-bond donors (Lipinski definition) is 1. The summed E-state index contributed by atoms with van der Waals surface area (Å²) in [6, 6.07) is 17.9. The van der Waals surface area contributed by atoms with Gasteiger partial charge in [0.25, 0.3) is 5.91 Å². The van der Waals surface area contributed by atoms with E-state index in [9.17, 15) is 4.79 Å². The number of hydrogen-bond acceptors (Lipinski definition) is 3. The van der Waals surface area contributed by atoms with Crippen LogP contribution in [0.3, 0.4) is 0 Å². The molecule has 3 rings (SSSR count). The Morgan fingerprint density at radius 2 is 1.88 bits per heavy atom. The van der Waals surface area contributed by atoms with Crippen molar-refractivity contribution in [3.63, 3.8) is 0 Å². The minimum absolute atomic E-state index is 0.0270. The van der Waals surface area contributed by atoms with Gasteiger partial charge in [-0.15, -0.1) is 0 Å². The van der Waals surface area contributed by atoms with E-state index < -0.39 is 0 Å². The number of nitrogens with zero attached hydrogens (tertiary/aromatic N) is 1. The summed E-state index contributed by atoms with van der Waals surface area (Å²) in [5, 5.41) is 4.01. The quantitative estimate of drug-likeness (QED) is 0.719. The van der Waals surface area contributed by atoms with Gasteiger partial charge in [-0.2, -0.15) is 0 Å². The summed E-state index contributed by atoms with van der Waals surface area (Å²) >= 11 is 0. The fourth-order valence-corrected chi connectivity index (χ4v) is 2.73.